The van der Waals surface area contributed by atoms with E-state index in [0.29, 0.717) is 13.0 Å². The first-order chi connectivity index (χ1) is 17.1. The number of rotatable bonds is 26. The molecule has 35 heavy (non-hydrogen) atoms. The Morgan fingerprint density at radius 2 is 1.23 bits per heavy atom. The van der Waals surface area contributed by atoms with Gasteiger partial charge >= 0.3 is 5.97 Å². The molecule has 208 valence electrons. The first kappa shape index (κ1) is 32.5. The van der Waals surface area contributed by atoms with Crippen molar-refractivity contribution in [3.8, 4) is 0 Å². The zero-order valence-electron chi connectivity index (χ0n) is 24.5. The van der Waals surface area contributed by atoms with Crippen molar-refractivity contribution in [2.24, 2.45) is 17.8 Å². The topological polar surface area (TPSA) is 29.5 Å². The van der Waals surface area contributed by atoms with Gasteiger partial charge in [-0.15, -0.1) is 0 Å². The maximum Gasteiger partial charge on any atom is 0.305 e. The van der Waals surface area contributed by atoms with Crippen molar-refractivity contribution in [1.29, 1.82) is 0 Å². The summed E-state index contributed by atoms with van der Waals surface area (Å²) in [6.07, 6.45) is 30.0. The molecule has 0 spiro atoms. The molecule has 1 aliphatic rings. The fourth-order valence-corrected chi connectivity index (χ4v) is 5.74. The van der Waals surface area contributed by atoms with Crippen LogP contribution in [0.5, 0.6) is 0 Å². The molecule has 0 aromatic carbocycles. The van der Waals surface area contributed by atoms with Gasteiger partial charge in [0.05, 0.1) is 6.61 Å². The Bertz CT molecular complexity index is 478. The Hall–Kier alpha value is -0.570. The lowest BCUT2D eigenvalue weighted by Gasteiger charge is -2.19. The minimum Gasteiger partial charge on any atom is -0.466 e. The van der Waals surface area contributed by atoms with E-state index in [1.54, 1.807) is 0 Å². The van der Waals surface area contributed by atoms with E-state index >= 15 is 0 Å². The molecule has 1 rings (SSSR count). The van der Waals surface area contributed by atoms with Crippen LogP contribution >= 0.6 is 0 Å². The van der Waals surface area contributed by atoms with Crippen LogP contribution < -0.4 is 0 Å². The highest BCUT2D eigenvalue weighted by molar-refractivity contribution is 5.69. The minimum absolute atomic E-state index is 0.0225. The van der Waals surface area contributed by atoms with Crippen LogP contribution in [-0.4, -0.2) is 38.1 Å². The Labute approximate surface area is 220 Å². The predicted octanol–water partition coefficient (Wildman–Crippen LogP) is 9.58. The molecule has 0 saturated heterocycles. The Morgan fingerprint density at radius 3 is 1.77 bits per heavy atom. The molecule has 1 fully saturated rings. The van der Waals surface area contributed by atoms with Gasteiger partial charge in [-0.3, -0.25) is 4.79 Å². The zero-order valence-corrected chi connectivity index (χ0v) is 24.5. The lowest BCUT2D eigenvalue weighted by atomic mass is 9.91. The third kappa shape index (κ3) is 20.2. The zero-order chi connectivity index (χ0) is 25.6. The van der Waals surface area contributed by atoms with Crippen molar-refractivity contribution >= 4 is 5.97 Å². The molecule has 3 atom stereocenters. The van der Waals surface area contributed by atoms with Gasteiger partial charge in [-0.1, -0.05) is 122 Å². The van der Waals surface area contributed by atoms with Crippen LogP contribution in [0.1, 0.15) is 155 Å². The summed E-state index contributed by atoms with van der Waals surface area (Å²) in [4.78, 5) is 13.7. The highest BCUT2D eigenvalue weighted by Crippen LogP contribution is 2.45. The summed E-state index contributed by atoms with van der Waals surface area (Å²) < 4.78 is 4.99. The van der Waals surface area contributed by atoms with Crippen molar-refractivity contribution < 1.29 is 9.53 Å². The standard InChI is InChI=1S/C32H63NO2/c1-5-7-8-16-21-29(26-27-33(3)4)22-17-12-9-10-13-18-23-30-28-31(30)24-19-14-11-15-20-25-32(34)35-6-2/h29-31H,5-28H2,1-4H3. The largest absolute Gasteiger partial charge is 0.466 e. The van der Waals surface area contributed by atoms with Gasteiger partial charge in [0.2, 0.25) is 0 Å². The molecule has 0 bridgehead atoms. The van der Waals surface area contributed by atoms with E-state index in [0.717, 1.165) is 24.2 Å². The number of hydrogen-bond donors (Lipinski definition) is 0. The Balaban J connectivity index is 1.89. The summed E-state index contributed by atoms with van der Waals surface area (Å²) in [5.74, 6) is 3.05. The third-order valence-corrected chi connectivity index (χ3v) is 8.22. The average molecular weight is 494 g/mol. The fourth-order valence-electron chi connectivity index (χ4n) is 5.74. The second-order valence-electron chi connectivity index (χ2n) is 11.9. The molecule has 0 heterocycles. The van der Waals surface area contributed by atoms with E-state index < -0.39 is 0 Å². The van der Waals surface area contributed by atoms with Gasteiger partial charge in [0.25, 0.3) is 0 Å². The quantitative estimate of drug-likeness (QED) is 0.0887. The molecule has 0 N–H and O–H groups in total. The minimum atomic E-state index is -0.0225. The van der Waals surface area contributed by atoms with Crippen molar-refractivity contribution in [3.05, 3.63) is 0 Å². The van der Waals surface area contributed by atoms with Crippen LogP contribution in [-0.2, 0) is 9.53 Å². The smallest absolute Gasteiger partial charge is 0.305 e. The monoisotopic (exact) mass is 493 g/mol. The van der Waals surface area contributed by atoms with E-state index in [4.69, 9.17) is 4.74 Å². The maximum absolute atomic E-state index is 11.3. The van der Waals surface area contributed by atoms with Gasteiger partial charge in [-0.2, -0.15) is 0 Å². The van der Waals surface area contributed by atoms with Crippen LogP contribution in [0.25, 0.3) is 0 Å². The van der Waals surface area contributed by atoms with Crippen molar-refractivity contribution in [2.75, 3.05) is 27.2 Å². The SMILES string of the molecule is CCCCCCC(CCCCCCCCC1CC1CCCCCCCC(=O)OCC)CCN(C)C. The number of nitrogens with zero attached hydrogens (tertiary/aromatic N) is 1. The molecule has 0 aromatic heterocycles. The summed E-state index contributed by atoms with van der Waals surface area (Å²) in [6, 6.07) is 0. The summed E-state index contributed by atoms with van der Waals surface area (Å²) in [6.45, 7) is 5.97. The van der Waals surface area contributed by atoms with Crippen LogP contribution in [0, 0.1) is 17.8 Å². The van der Waals surface area contributed by atoms with Crippen LogP contribution in [0.15, 0.2) is 0 Å². The normalized spacial score (nSPS) is 18.2. The second-order valence-corrected chi connectivity index (χ2v) is 11.9. The van der Waals surface area contributed by atoms with E-state index in [-0.39, 0.29) is 5.97 Å². The number of hydrogen-bond acceptors (Lipinski definition) is 3. The number of carbonyl (C=O) groups excluding carboxylic acids is 1. The summed E-state index contributed by atoms with van der Waals surface area (Å²) in [5, 5.41) is 0. The van der Waals surface area contributed by atoms with Gasteiger partial charge in [0, 0.05) is 6.42 Å². The van der Waals surface area contributed by atoms with Crippen molar-refractivity contribution in [3.63, 3.8) is 0 Å². The van der Waals surface area contributed by atoms with E-state index in [1.807, 2.05) is 6.92 Å². The summed E-state index contributed by atoms with van der Waals surface area (Å²) in [7, 11) is 4.44. The molecule has 0 amide bonds. The molecule has 3 nitrogen and oxygen atoms in total. The highest BCUT2D eigenvalue weighted by atomic mass is 16.5. The molecule has 0 aliphatic heterocycles. The average Bonchev–Trinajstić information content (AvgIpc) is 3.58. The second kappa shape index (κ2) is 22.6. The van der Waals surface area contributed by atoms with Gasteiger partial charge in [0.15, 0.2) is 0 Å². The van der Waals surface area contributed by atoms with Crippen LogP contribution in [0.3, 0.4) is 0 Å². The van der Waals surface area contributed by atoms with Crippen molar-refractivity contribution in [1.82, 2.24) is 4.90 Å². The number of ether oxygens (including phenoxy) is 1. The molecule has 3 heteroatoms. The first-order valence-electron chi connectivity index (χ1n) is 15.9. The Kier molecular flexibility index (Phi) is 21.0. The molecule has 1 aliphatic carbocycles. The third-order valence-electron chi connectivity index (χ3n) is 8.22. The molecule has 1 saturated carbocycles. The van der Waals surface area contributed by atoms with Crippen LogP contribution in [0.2, 0.25) is 0 Å². The van der Waals surface area contributed by atoms with Crippen molar-refractivity contribution in [2.45, 2.75) is 155 Å². The highest BCUT2D eigenvalue weighted by Gasteiger charge is 2.34. The lowest BCUT2D eigenvalue weighted by Crippen LogP contribution is -2.17. The molecule has 0 radical (unpaired) electrons. The molecule has 3 unspecified atom stereocenters. The van der Waals surface area contributed by atoms with E-state index in [9.17, 15) is 4.79 Å². The Morgan fingerprint density at radius 1 is 0.714 bits per heavy atom. The molecule has 0 aromatic rings. The number of esters is 1. The van der Waals surface area contributed by atoms with Crippen LogP contribution in [0.4, 0.5) is 0 Å². The lowest BCUT2D eigenvalue weighted by molar-refractivity contribution is -0.143. The van der Waals surface area contributed by atoms with Gasteiger partial charge in [-0.25, -0.2) is 0 Å². The number of carbonyl (C=O) groups is 1. The maximum atomic E-state index is 11.3. The van der Waals surface area contributed by atoms with Gasteiger partial charge in [-0.05, 0) is 64.6 Å². The summed E-state index contributed by atoms with van der Waals surface area (Å²) in [5.41, 5.74) is 0. The van der Waals surface area contributed by atoms with E-state index in [2.05, 4.69) is 25.9 Å². The molecular weight excluding hydrogens is 430 g/mol. The number of unbranched alkanes of at least 4 members (excludes halogenated alkanes) is 12. The molecular formula is C32H63NO2. The van der Waals surface area contributed by atoms with Gasteiger partial charge < -0.3 is 9.64 Å². The first-order valence-corrected chi connectivity index (χ1v) is 15.9. The summed E-state index contributed by atoms with van der Waals surface area (Å²) >= 11 is 0. The van der Waals surface area contributed by atoms with E-state index in [1.165, 1.54) is 135 Å². The predicted molar refractivity (Wildman–Crippen MR) is 153 cm³/mol. The van der Waals surface area contributed by atoms with Gasteiger partial charge in [0.1, 0.15) is 0 Å². The fraction of sp³-hybridized carbons (Fsp3) is 0.969.